The van der Waals surface area contributed by atoms with Crippen LogP contribution in [-0.2, 0) is 0 Å². The molecule has 0 bridgehead atoms. The minimum absolute atomic E-state index is 0.0701. The summed E-state index contributed by atoms with van der Waals surface area (Å²) < 4.78 is 5.63. The Morgan fingerprint density at radius 1 is 0.933 bits per heavy atom. The number of phenolic OH excluding ortho intramolecular Hbond substituents is 1. The van der Waals surface area contributed by atoms with Crippen LogP contribution in [0.3, 0.4) is 0 Å². The van der Waals surface area contributed by atoms with Gasteiger partial charge in [0, 0.05) is 22.0 Å². The number of hydrogen-bond donors (Lipinski definition) is 3. The van der Waals surface area contributed by atoms with Gasteiger partial charge in [-0.2, -0.15) is 0 Å². The Morgan fingerprint density at radius 3 is 2.50 bits per heavy atom. The van der Waals surface area contributed by atoms with Gasteiger partial charge in [-0.1, -0.05) is 53.5 Å². The Bertz CT molecular complexity index is 1290. The van der Waals surface area contributed by atoms with Gasteiger partial charge in [0.2, 0.25) is 0 Å². The maximum Gasteiger partial charge on any atom is 0.293 e. The molecule has 1 heterocycles. The summed E-state index contributed by atoms with van der Waals surface area (Å²) in [6.45, 7) is 0. The molecule has 4 rings (SSSR count). The zero-order valence-electron chi connectivity index (χ0n) is 15.3. The molecule has 3 N–H and O–H groups in total. The fraction of sp³-hybridized carbons (Fsp3) is 0. The third-order valence-electron chi connectivity index (χ3n) is 4.42. The molecule has 3 aromatic carbocycles. The minimum Gasteiger partial charge on any atom is -0.507 e. The van der Waals surface area contributed by atoms with Gasteiger partial charge in [0.1, 0.15) is 11.5 Å². The molecule has 4 aromatic rings. The number of nitrogens with one attached hydrogen (secondary N) is 2. The second-order valence-corrected chi connectivity index (χ2v) is 7.54. The van der Waals surface area contributed by atoms with Crippen LogP contribution in [0.25, 0.3) is 22.1 Å². The van der Waals surface area contributed by atoms with Crippen molar-refractivity contribution in [2.45, 2.75) is 0 Å². The minimum atomic E-state index is -0.514. The number of halogens is 2. The first-order valence-corrected chi connectivity index (χ1v) is 9.97. The number of furan rings is 1. The summed E-state index contributed by atoms with van der Waals surface area (Å²) in [6.07, 6.45) is 0. The second kappa shape index (κ2) is 8.36. The molecule has 0 aliphatic rings. The summed E-state index contributed by atoms with van der Waals surface area (Å²) in [5.74, 6) is 0.130. The van der Waals surface area contributed by atoms with Gasteiger partial charge in [0.05, 0.1) is 10.0 Å². The van der Waals surface area contributed by atoms with Crippen LogP contribution in [0, 0.1) is 0 Å². The van der Waals surface area contributed by atoms with Crippen molar-refractivity contribution < 1.29 is 14.3 Å². The van der Waals surface area contributed by atoms with E-state index in [0.717, 1.165) is 5.39 Å². The highest BCUT2D eigenvalue weighted by Crippen LogP contribution is 2.34. The zero-order chi connectivity index (χ0) is 21.3. The fourth-order valence-corrected chi connectivity index (χ4v) is 3.62. The van der Waals surface area contributed by atoms with Gasteiger partial charge < -0.3 is 14.8 Å². The maximum atomic E-state index is 12.5. The molecular formula is C22H14Cl2N2O3S. The van der Waals surface area contributed by atoms with Gasteiger partial charge in [-0.3, -0.25) is 10.1 Å². The van der Waals surface area contributed by atoms with Crippen LogP contribution < -0.4 is 10.6 Å². The van der Waals surface area contributed by atoms with E-state index in [1.54, 1.807) is 54.6 Å². The number of hydrogen-bond acceptors (Lipinski definition) is 4. The molecule has 1 aromatic heterocycles. The van der Waals surface area contributed by atoms with Crippen molar-refractivity contribution in [1.29, 1.82) is 0 Å². The molecule has 0 aliphatic carbocycles. The van der Waals surface area contributed by atoms with Crippen molar-refractivity contribution in [2.75, 3.05) is 5.32 Å². The lowest BCUT2D eigenvalue weighted by Gasteiger charge is -2.11. The lowest BCUT2D eigenvalue weighted by Crippen LogP contribution is -2.33. The Kier molecular flexibility index (Phi) is 5.63. The van der Waals surface area contributed by atoms with Crippen LogP contribution in [0.2, 0.25) is 10.0 Å². The average molecular weight is 457 g/mol. The smallest absolute Gasteiger partial charge is 0.293 e. The van der Waals surface area contributed by atoms with Gasteiger partial charge >= 0.3 is 0 Å². The van der Waals surface area contributed by atoms with Crippen molar-refractivity contribution >= 4 is 62.9 Å². The molecule has 5 nitrogen and oxygen atoms in total. The lowest BCUT2D eigenvalue weighted by atomic mass is 10.1. The molecule has 0 unspecified atom stereocenters. The number of aromatic hydroxyl groups is 1. The Labute approximate surface area is 187 Å². The highest BCUT2D eigenvalue weighted by atomic mass is 35.5. The fourth-order valence-electron chi connectivity index (χ4n) is 3.02. The summed E-state index contributed by atoms with van der Waals surface area (Å²) in [5, 5.41) is 17.8. The Morgan fingerprint density at radius 2 is 1.67 bits per heavy atom. The summed E-state index contributed by atoms with van der Waals surface area (Å²) >= 11 is 17.5. The highest BCUT2D eigenvalue weighted by molar-refractivity contribution is 7.80. The van der Waals surface area contributed by atoms with Crippen molar-refractivity contribution in [3.05, 3.63) is 82.5 Å². The number of benzene rings is 3. The van der Waals surface area contributed by atoms with Gasteiger partial charge in [0.25, 0.3) is 5.91 Å². The van der Waals surface area contributed by atoms with E-state index in [1.165, 1.54) is 6.07 Å². The molecule has 0 atom stereocenters. The van der Waals surface area contributed by atoms with Crippen molar-refractivity contribution in [3.63, 3.8) is 0 Å². The molecule has 0 fully saturated rings. The van der Waals surface area contributed by atoms with Gasteiger partial charge in [-0.25, -0.2) is 0 Å². The standard InChI is InChI=1S/C22H14Cl2N2O3S/c23-15-7-1-6-14(20(15)24)18-10-11-19(29-18)21(28)26-22(30)25-16-8-2-5-13-12(16)4-3-9-17(13)27/h1-11,27H,(H2,25,26,28,30). The molecule has 0 spiro atoms. The van der Waals surface area contributed by atoms with Crippen molar-refractivity contribution in [1.82, 2.24) is 5.32 Å². The molecule has 30 heavy (non-hydrogen) atoms. The lowest BCUT2D eigenvalue weighted by molar-refractivity contribution is 0.0951. The topological polar surface area (TPSA) is 74.5 Å². The summed E-state index contributed by atoms with van der Waals surface area (Å²) in [6, 6.07) is 18.9. The largest absolute Gasteiger partial charge is 0.507 e. The average Bonchev–Trinajstić information content (AvgIpc) is 3.21. The molecule has 8 heteroatoms. The van der Waals surface area contributed by atoms with Crippen LogP contribution in [0.1, 0.15) is 10.6 Å². The second-order valence-electron chi connectivity index (χ2n) is 6.35. The number of fused-ring (bicyclic) bond motifs is 1. The van der Waals surface area contributed by atoms with E-state index in [1.807, 2.05) is 6.07 Å². The predicted molar refractivity (Wildman–Crippen MR) is 123 cm³/mol. The first-order valence-electron chi connectivity index (χ1n) is 8.81. The van der Waals surface area contributed by atoms with Crippen LogP contribution in [0.5, 0.6) is 5.75 Å². The molecule has 0 aliphatic heterocycles. The molecule has 0 radical (unpaired) electrons. The van der Waals surface area contributed by atoms with Crippen LogP contribution >= 0.6 is 35.4 Å². The number of amides is 1. The van der Waals surface area contributed by atoms with E-state index in [2.05, 4.69) is 10.6 Å². The number of carbonyl (C=O) groups is 1. The van der Waals surface area contributed by atoms with E-state index in [4.69, 9.17) is 39.8 Å². The van der Waals surface area contributed by atoms with E-state index in [9.17, 15) is 9.90 Å². The van der Waals surface area contributed by atoms with Crippen LogP contribution in [0.15, 0.2) is 71.1 Å². The summed E-state index contributed by atoms with van der Waals surface area (Å²) in [5.41, 5.74) is 1.24. The molecule has 0 saturated carbocycles. The SMILES string of the molecule is O=C(NC(=S)Nc1cccc2c(O)cccc12)c1ccc(-c2cccc(Cl)c2Cl)o1. The number of rotatable bonds is 3. The normalized spacial score (nSPS) is 10.7. The molecule has 150 valence electrons. The molecule has 0 saturated heterocycles. The molecule has 1 amide bonds. The monoisotopic (exact) mass is 456 g/mol. The maximum absolute atomic E-state index is 12.5. The first kappa shape index (κ1) is 20.2. The van der Waals surface area contributed by atoms with E-state index in [0.29, 0.717) is 32.4 Å². The predicted octanol–water partition coefficient (Wildman–Crippen LogP) is 6.24. The number of anilines is 1. The van der Waals surface area contributed by atoms with Gasteiger partial charge in [0.15, 0.2) is 10.9 Å². The summed E-state index contributed by atoms with van der Waals surface area (Å²) in [4.78, 5) is 12.5. The number of thiocarbonyl (C=S) groups is 1. The zero-order valence-corrected chi connectivity index (χ0v) is 17.6. The van der Waals surface area contributed by atoms with Crippen LogP contribution in [0.4, 0.5) is 5.69 Å². The highest BCUT2D eigenvalue weighted by Gasteiger charge is 2.16. The van der Waals surface area contributed by atoms with Gasteiger partial charge in [-0.05, 0) is 48.6 Å². The third kappa shape index (κ3) is 3.98. The quantitative estimate of drug-likeness (QED) is 0.318. The number of carbonyl (C=O) groups excluding carboxylic acids is 1. The third-order valence-corrected chi connectivity index (χ3v) is 5.44. The van der Waals surface area contributed by atoms with E-state index < -0.39 is 5.91 Å². The van der Waals surface area contributed by atoms with Gasteiger partial charge in [-0.15, -0.1) is 0 Å². The van der Waals surface area contributed by atoms with E-state index in [-0.39, 0.29) is 16.6 Å². The molecular weight excluding hydrogens is 443 g/mol. The van der Waals surface area contributed by atoms with Crippen molar-refractivity contribution in [2.24, 2.45) is 0 Å². The summed E-state index contributed by atoms with van der Waals surface area (Å²) in [7, 11) is 0. The first-order chi connectivity index (χ1) is 14.4. The van der Waals surface area contributed by atoms with E-state index >= 15 is 0 Å². The Balaban J connectivity index is 1.50. The number of phenols is 1. The van der Waals surface area contributed by atoms with Crippen molar-refractivity contribution in [3.8, 4) is 17.1 Å². The Hall–Kier alpha value is -3.06. The van der Waals surface area contributed by atoms with Crippen LogP contribution in [-0.4, -0.2) is 16.1 Å².